The van der Waals surface area contributed by atoms with Gasteiger partial charge in [0.25, 0.3) is 0 Å². The van der Waals surface area contributed by atoms with E-state index >= 15 is 0 Å². The van der Waals surface area contributed by atoms with Gasteiger partial charge in [0.15, 0.2) is 0 Å². The maximum atomic E-state index is 11.4. The van der Waals surface area contributed by atoms with Gasteiger partial charge in [0.05, 0.1) is 0 Å². The molecule has 1 rings (SSSR count). The highest BCUT2D eigenvalue weighted by molar-refractivity contribution is 5.73. The highest BCUT2D eigenvalue weighted by Crippen LogP contribution is 1.95. The number of hydrogen-bond donors (Lipinski definition) is 3. The van der Waals surface area contributed by atoms with Gasteiger partial charge in [-0.1, -0.05) is 6.07 Å². The molecule has 3 N–H and O–H groups in total. The molecule has 0 aliphatic heterocycles. The van der Waals surface area contributed by atoms with E-state index in [1.807, 2.05) is 6.07 Å². The molecule has 1 aromatic heterocycles. The lowest BCUT2D eigenvalue weighted by Gasteiger charge is -2.06. The molecule has 0 fully saturated rings. The van der Waals surface area contributed by atoms with Crippen LogP contribution >= 0.6 is 0 Å². The smallest absolute Gasteiger partial charge is 0.315 e. The van der Waals surface area contributed by atoms with Gasteiger partial charge in [-0.05, 0) is 24.5 Å². The van der Waals surface area contributed by atoms with Gasteiger partial charge in [-0.3, -0.25) is 9.78 Å². The Balaban J connectivity index is 2.06. The summed E-state index contributed by atoms with van der Waals surface area (Å²) in [5.41, 5.74) is 0.929. The molecule has 6 nitrogen and oxygen atoms in total. The summed E-state index contributed by atoms with van der Waals surface area (Å²) in [5.74, 6) is -0.809. The van der Waals surface area contributed by atoms with Crippen LogP contribution in [0.2, 0.25) is 0 Å². The molecule has 0 aromatic carbocycles. The molecule has 0 spiro atoms. The highest BCUT2D eigenvalue weighted by atomic mass is 16.4. The molecule has 0 bridgehead atoms. The van der Waals surface area contributed by atoms with E-state index in [0.29, 0.717) is 25.9 Å². The third-order valence-corrected chi connectivity index (χ3v) is 2.28. The topological polar surface area (TPSA) is 91.3 Å². The number of pyridine rings is 1. The SMILES string of the molecule is O=C(O)CCCCNC(=O)NCc1cccnc1. The van der Waals surface area contributed by atoms with Gasteiger partial charge in [-0.25, -0.2) is 4.79 Å². The van der Waals surface area contributed by atoms with Crippen molar-refractivity contribution in [2.24, 2.45) is 0 Å². The lowest BCUT2D eigenvalue weighted by atomic mass is 10.2. The largest absolute Gasteiger partial charge is 0.481 e. The van der Waals surface area contributed by atoms with E-state index in [0.717, 1.165) is 5.56 Å². The van der Waals surface area contributed by atoms with Crippen molar-refractivity contribution in [3.8, 4) is 0 Å². The van der Waals surface area contributed by atoms with Gasteiger partial charge < -0.3 is 15.7 Å². The number of amides is 2. The molecule has 0 radical (unpaired) electrons. The third-order valence-electron chi connectivity index (χ3n) is 2.28. The van der Waals surface area contributed by atoms with Gasteiger partial charge in [0.2, 0.25) is 0 Å². The zero-order valence-corrected chi connectivity index (χ0v) is 10.1. The van der Waals surface area contributed by atoms with E-state index < -0.39 is 5.97 Å². The molecule has 1 heterocycles. The van der Waals surface area contributed by atoms with Gasteiger partial charge in [-0.2, -0.15) is 0 Å². The zero-order valence-electron chi connectivity index (χ0n) is 10.1. The van der Waals surface area contributed by atoms with Crippen molar-refractivity contribution < 1.29 is 14.7 Å². The quantitative estimate of drug-likeness (QED) is 0.634. The number of urea groups is 1. The average Bonchev–Trinajstić information content (AvgIpc) is 2.37. The lowest BCUT2D eigenvalue weighted by molar-refractivity contribution is -0.137. The Hall–Kier alpha value is -2.11. The number of aromatic nitrogens is 1. The number of carbonyl (C=O) groups is 2. The van der Waals surface area contributed by atoms with E-state index in [1.165, 1.54) is 0 Å². The number of nitrogens with zero attached hydrogens (tertiary/aromatic N) is 1. The first-order chi connectivity index (χ1) is 8.68. The van der Waals surface area contributed by atoms with Gasteiger partial charge in [0, 0.05) is 31.9 Å². The lowest BCUT2D eigenvalue weighted by Crippen LogP contribution is -2.35. The summed E-state index contributed by atoms with van der Waals surface area (Å²) in [6.45, 7) is 0.904. The predicted molar refractivity (Wildman–Crippen MR) is 66.0 cm³/mol. The van der Waals surface area contributed by atoms with Crippen LogP contribution in [0, 0.1) is 0 Å². The van der Waals surface area contributed by atoms with E-state index in [1.54, 1.807) is 18.5 Å². The summed E-state index contributed by atoms with van der Waals surface area (Å²) in [7, 11) is 0. The van der Waals surface area contributed by atoms with E-state index in [-0.39, 0.29) is 12.5 Å². The van der Waals surface area contributed by atoms with E-state index in [9.17, 15) is 9.59 Å². The third kappa shape index (κ3) is 6.47. The molecule has 0 unspecified atom stereocenters. The summed E-state index contributed by atoms with van der Waals surface area (Å²) in [4.78, 5) is 25.5. The normalized spacial score (nSPS) is 9.78. The second-order valence-corrected chi connectivity index (χ2v) is 3.82. The number of unbranched alkanes of at least 4 members (excludes halogenated alkanes) is 1. The molecule has 18 heavy (non-hydrogen) atoms. The fraction of sp³-hybridized carbons (Fsp3) is 0.417. The predicted octanol–water partition coefficient (Wildman–Crippen LogP) is 1.14. The molecule has 0 aliphatic carbocycles. The summed E-state index contributed by atoms with van der Waals surface area (Å²) in [6.07, 6.45) is 4.73. The summed E-state index contributed by atoms with van der Waals surface area (Å²) in [6, 6.07) is 3.43. The summed E-state index contributed by atoms with van der Waals surface area (Å²) < 4.78 is 0. The van der Waals surface area contributed by atoms with Crippen LogP contribution < -0.4 is 10.6 Å². The Morgan fingerprint density at radius 3 is 2.78 bits per heavy atom. The number of nitrogens with one attached hydrogen (secondary N) is 2. The van der Waals surface area contributed by atoms with Gasteiger partial charge in [-0.15, -0.1) is 0 Å². The van der Waals surface area contributed by atoms with Crippen molar-refractivity contribution in [1.82, 2.24) is 15.6 Å². The molecule has 1 aromatic rings. The fourth-order valence-electron chi connectivity index (χ4n) is 1.35. The van der Waals surface area contributed by atoms with E-state index in [2.05, 4.69) is 15.6 Å². The Morgan fingerprint density at radius 2 is 2.11 bits per heavy atom. The number of carboxylic acids is 1. The minimum Gasteiger partial charge on any atom is -0.481 e. The van der Waals surface area contributed by atoms with Crippen LogP contribution in [0.25, 0.3) is 0 Å². The molecule has 0 atom stereocenters. The molecule has 0 aliphatic rings. The van der Waals surface area contributed by atoms with Crippen LogP contribution in [0.3, 0.4) is 0 Å². The summed E-state index contributed by atoms with van der Waals surface area (Å²) in [5, 5.41) is 13.8. The van der Waals surface area contributed by atoms with Gasteiger partial charge >= 0.3 is 12.0 Å². The first kappa shape index (κ1) is 14.0. The number of aliphatic carboxylic acids is 1. The minimum absolute atomic E-state index is 0.138. The van der Waals surface area contributed by atoms with Crippen LogP contribution in [-0.4, -0.2) is 28.6 Å². The second kappa shape index (κ2) is 8.05. The zero-order chi connectivity index (χ0) is 13.2. The van der Waals surface area contributed by atoms with Crippen LogP contribution in [0.1, 0.15) is 24.8 Å². The van der Waals surface area contributed by atoms with Crippen molar-refractivity contribution in [3.63, 3.8) is 0 Å². The monoisotopic (exact) mass is 251 g/mol. The van der Waals surface area contributed by atoms with Crippen LogP contribution in [0.15, 0.2) is 24.5 Å². The highest BCUT2D eigenvalue weighted by Gasteiger charge is 2.00. The van der Waals surface area contributed by atoms with Crippen LogP contribution in [0.4, 0.5) is 4.79 Å². The van der Waals surface area contributed by atoms with Crippen molar-refractivity contribution in [1.29, 1.82) is 0 Å². The second-order valence-electron chi connectivity index (χ2n) is 3.82. The molecule has 98 valence electrons. The van der Waals surface area contributed by atoms with Crippen LogP contribution in [0.5, 0.6) is 0 Å². The maximum absolute atomic E-state index is 11.4. The maximum Gasteiger partial charge on any atom is 0.315 e. The van der Waals surface area contributed by atoms with E-state index in [4.69, 9.17) is 5.11 Å². The Labute approximate surface area is 105 Å². The first-order valence-electron chi connectivity index (χ1n) is 5.81. The standard InChI is InChI=1S/C12H17N3O3/c16-11(17)5-1-2-7-14-12(18)15-9-10-4-3-6-13-8-10/h3-4,6,8H,1-2,5,7,9H2,(H,16,17)(H2,14,15,18). The molecule has 6 heteroatoms. The average molecular weight is 251 g/mol. The molecular formula is C12H17N3O3. The molecule has 0 saturated carbocycles. The number of carbonyl (C=O) groups excluding carboxylic acids is 1. The van der Waals surface area contributed by atoms with Crippen molar-refractivity contribution in [2.75, 3.05) is 6.54 Å². The number of carboxylic acid groups (broad SMARTS) is 1. The van der Waals surface area contributed by atoms with Crippen molar-refractivity contribution in [3.05, 3.63) is 30.1 Å². The number of hydrogen-bond acceptors (Lipinski definition) is 3. The molecular weight excluding hydrogens is 234 g/mol. The Morgan fingerprint density at radius 1 is 1.28 bits per heavy atom. The molecule has 0 saturated heterocycles. The van der Waals surface area contributed by atoms with Crippen molar-refractivity contribution in [2.45, 2.75) is 25.8 Å². The fourth-order valence-corrected chi connectivity index (χ4v) is 1.35. The van der Waals surface area contributed by atoms with Crippen LogP contribution in [-0.2, 0) is 11.3 Å². The molecule has 2 amide bonds. The van der Waals surface area contributed by atoms with Crippen molar-refractivity contribution >= 4 is 12.0 Å². The minimum atomic E-state index is -0.809. The first-order valence-corrected chi connectivity index (χ1v) is 5.81. The Kier molecular flexibility index (Phi) is 6.24. The van der Waals surface area contributed by atoms with Gasteiger partial charge in [0.1, 0.15) is 0 Å². The Bertz CT molecular complexity index is 381. The number of rotatable bonds is 7. The summed E-state index contributed by atoms with van der Waals surface area (Å²) >= 11 is 0.